The van der Waals surface area contributed by atoms with E-state index in [0.29, 0.717) is 16.3 Å². The lowest BCUT2D eigenvalue weighted by molar-refractivity contribution is -0.123. The van der Waals surface area contributed by atoms with Gasteiger partial charge in [0.1, 0.15) is 18.2 Å². The van der Waals surface area contributed by atoms with E-state index in [2.05, 4.69) is 0 Å². The van der Waals surface area contributed by atoms with Crippen LogP contribution in [0.3, 0.4) is 0 Å². The van der Waals surface area contributed by atoms with Crippen LogP contribution in [0.15, 0.2) is 65.6 Å². The predicted molar refractivity (Wildman–Crippen MR) is 120 cm³/mol. The zero-order valence-corrected chi connectivity index (χ0v) is 18.0. The first-order valence-electron chi connectivity index (χ1n) is 9.83. The van der Waals surface area contributed by atoms with E-state index in [1.165, 1.54) is 11.0 Å². The number of hydrogen-bond acceptors (Lipinski definition) is 4. The molecule has 0 radical (unpaired) electrons. The Balaban J connectivity index is 1.52. The Hall–Kier alpha value is -3.32. The Bertz CT molecular complexity index is 1170. The molecule has 0 aliphatic carbocycles. The third kappa shape index (κ3) is 4.27. The smallest absolute Gasteiger partial charge is 0.293 e. The second kappa shape index (κ2) is 8.81. The Morgan fingerprint density at radius 3 is 2.48 bits per heavy atom. The summed E-state index contributed by atoms with van der Waals surface area (Å²) in [5.41, 5.74) is 2.85. The molecule has 0 saturated carbocycles. The van der Waals surface area contributed by atoms with Crippen molar-refractivity contribution in [2.24, 2.45) is 0 Å². The van der Waals surface area contributed by atoms with Crippen LogP contribution in [0.25, 0.3) is 11.8 Å². The number of aromatic nitrogens is 1. The number of thioether (sulfide) groups is 1. The van der Waals surface area contributed by atoms with Crippen LogP contribution in [0.5, 0.6) is 5.75 Å². The molecule has 5 nitrogen and oxygen atoms in total. The van der Waals surface area contributed by atoms with Crippen LogP contribution in [-0.2, 0) is 4.79 Å². The van der Waals surface area contributed by atoms with Crippen molar-refractivity contribution in [1.29, 1.82) is 0 Å². The number of halogens is 1. The van der Waals surface area contributed by atoms with Gasteiger partial charge in [-0.3, -0.25) is 14.5 Å². The van der Waals surface area contributed by atoms with Gasteiger partial charge in [-0.05, 0) is 67.6 Å². The van der Waals surface area contributed by atoms with Gasteiger partial charge in [0.15, 0.2) is 0 Å². The molecule has 0 atom stereocenters. The summed E-state index contributed by atoms with van der Waals surface area (Å²) in [6, 6.07) is 17.7. The quantitative estimate of drug-likeness (QED) is 0.489. The fourth-order valence-electron chi connectivity index (χ4n) is 3.54. The zero-order chi connectivity index (χ0) is 22.0. The maximum absolute atomic E-state index is 14.3. The summed E-state index contributed by atoms with van der Waals surface area (Å²) in [7, 11) is 0. The zero-order valence-electron chi connectivity index (χ0n) is 17.2. The fraction of sp³-hybridized carbons (Fsp3) is 0.167. The molecule has 1 aliphatic heterocycles. The van der Waals surface area contributed by atoms with E-state index in [9.17, 15) is 14.0 Å². The largest absolute Gasteiger partial charge is 0.492 e. The first-order chi connectivity index (χ1) is 15.0. The monoisotopic (exact) mass is 436 g/mol. The maximum Gasteiger partial charge on any atom is 0.293 e. The molecule has 1 aromatic heterocycles. The van der Waals surface area contributed by atoms with E-state index < -0.39 is 0 Å². The number of benzene rings is 2. The minimum Gasteiger partial charge on any atom is -0.492 e. The summed E-state index contributed by atoms with van der Waals surface area (Å²) >= 11 is 0.905. The van der Waals surface area contributed by atoms with Gasteiger partial charge < -0.3 is 9.30 Å². The molecule has 1 saturated heterocycles. The number of carbonyl (C=O) groups is 2. The second-order valence-corrected chi connectivity index (χ2v) is 8.10. The van der Waals surface area contributed by atoms with E-state index >= 15 is 0 Å². The van der Waals surface area contributed by atoms with Crippen molar-refractivity contribution in [3.8, 4) is 11.4 Å². The summed E-state index contributed by atoms with van der Waals surface area (Å²) in [5.74, 6) is 0.0162. The molecule has 0 spiro atoms. The fourth-order valence-corrected chi connectivity index (χ4v) is 4.40. The van der Waals surface area contributed by atoms with E-state index in [4.69, 9.17) is 4.74 Å². The molecular formula is C24H21FN2O3S. The average Bonchev–Trinajstić information content (AvgIpc) is 3.18. The second-order valence-electron chi connectivity index (χ2n) is 7.11. The van der Waals surface area contributed by atoms with Crippen molar-refractivity contribution in [3.05, 3.63) is 88.3 Å². The number of ether oxygens (including phenoxy) is 1. The Kier molecular flexibility index (Phi) is 5.95. The topological polar surface area (TPSA) is 51.5 Å². The molecule has 0 unspecified atom stereocenters. The highest BCUT2D eigenvalue weighted by molar-refractivity contribution is 8.18. The predicted octanol–water partition coefficient (Wildman–Crippen LogP) is 5.35. The lowest BCUT2D eigenvalue weighted by atomic mass is 10.2. The molecule has 2 heterocycles. The standard InChI is InChI=1S/C24H21FN2O3S/c1-16-14-18(17(2)27(16)21-11-7-6-10-20(21)25)15-22-23(28)26(24(29)31-22)12-13-30-19-8-4-3-5-9-19/h3-11,14-15H,12-13H2,1-2H3/b22-15-. The summed E-state index contributed by atoms with van der Waals surface area (Å²) in [5, 5.41) is -0.323. The van der Waals surface area contributed by atoms with Crippen molar-refractivity contribution >= 4 is 29.0 Å². The lowest BCUT2D eigenvalue weighted by Gasteiger charge is -2.13. The van der Waals surface area contributed by atoms with E-state index in [0.717, 1.165) is 28.7 Å². The van der Waals surface area contributed by atoms with Crippen LogP contribution in [0, 0.1) is 19.7 Å². The number of rotatable bonds is 6. The molecule has 1 aliphatic rings. The number of nitrogens with zero attached hydrogens (tertiary/aromatic N) is 2. The van der Waals surface area contributed by atoms with E-state index in [1.54, 1.807) is 28.8 Å². The third-order valence-corrected chi connectivity index (χ3v) is 5.96. The maximum atomic E-state index is 14.3. The van der Waals surface area contributed by atoms with Gasteiger partial charge in [-0.25, -0.2) is 4.39 Å². The van der Waals surface area contributed by atoms with E-state index in [1.807, 2.05) is 50.2 Å². The summed E-state index contributed by atoms with van der Waals surface area (Å²) < 4.78 is 21.7. The minimum atomic E-state index is -0.345. The van der Waals surface area contributed by atoms with Crippen molar-refractivity contribution < 1.29 is 18.7 Å². The first-order valence-corrected chi connectivity index (χ1v) is 10.6. The SMILES string of the molecule is Cc1cc(/C=C2\SC(=O)N(CCOc3ccccc3)C2=O)c(C)n1-c1ccccc1F. The van der Waals surface area contributed by atoms with Crippen molar-refractivity contribution in [3.63, 3.8) is 0 Å². The van der Waals surface area contributed by atoms with Crippen molar-refractivity contribution in [2.75, 3.05) is 13.2 Å². The molecule has 3 aromatic rings. The Morgan fingerprint density at radius 1 is 1.03 bits per heavy atom. The average molecular weight is 437 g/mol. The summed E-state index contributed by atoms with van der Waals surface area (Å²) in [6.07, 6.45) is 1.70. The number of amides is 2. The highest BCUT2D eigenvalue weighted by Crippen LogP contribution is 2.33. The van der Waals surface area contributed by atoms with E-state index in [-0.39, 0.29) is 30.1 Å². The van der Waals surface area contributed by atoms with Crippen molar-refractivity contribution in [1.82, 2.24) is 9.47 Å². The minimum absolute atomic E-state index is 0.172. The lowest BCUT2D eigenvalue weighted by Crippen LogP contribution is -2.32. The van der Waals surface area contributed by atoms with Gasteiger partial charge in [0.25, 0.3) is 11.1 Å². The van der Waals surface area contributed by atoms with Crippen LogP contribution >= 0.6 is 11.8 Å². The Morgan fingerprint density at radius 2 is 1.74 bits per heavy atom. The molecule has 7 heteroatoms. The van der Waals surface area contributed by atoms with Crippen molar-refractivity contribution in [2.45, 2.75) is 13.8 Å². The van der Waals surface area contributed by atoms with Gasteiger partial charge in [-0.15, -0.1) is 0 Å². The van der Waals surface area contributed by atoms with Gasteiger partial charge in [0.2, 0.25) is 0 Å². The molecule has 158 valence electrons. The number of carbonyl (C=O) groups excluding carboxylic acids is 2. The van der Waals surface area contributed by atoms with Gasteiger partial charge >= 0.3 is 0 Å². The number of aryl methyl sites for hydroxylation is 1. The summed E-state index contributed by atoms with van der Waals surface area (Å²) in [4.78, 5) is 26.7. The molecule has 0 N–H and O–H groups in total. The van der Waals surface area contributed by atoms with Gasteiger partial charge in [-0.1, -0.05) is 30.3 Å². The Labute approximate surface area is 184 Å². The van der Waals surface area contributed by atoms with Gasteiger partial charge in [0, 0.05) is 11.4 Å². The molecular weight excluding hydrogens is 415 g/mol. The molecule has 1 fully saturated rings. The number of imide groups is 1. The first kappa shape index (κ1) is 20.9. The van der Waals surface area contributed by atoms with Crippen LogP contribution in [0.4, 0.5) is 9.18 Å². The number of hydrogen-bond donors (Lipinski definition) is 0. The normalized spacial score (nSPS) is 15.2. The summed E-state index contributed by atoms with van der Waals surface area (Å²) in [6.45, 7) is 4.13. The van der Waals surface area contributed by atoms with Crippen LogP contribution < -0.4 is 4.74 Å². The third-order valence-electron chi connectivity index (χ3n) is 5.05. The van der Waals surface area contributed by atoms with Crippen LogP contribution in [0.1, 0.15) is 17.0 Å². The molecule has 4 rings (SSSR count). The highest BCUT2D eigenvalue weighted by atomic mass is 32.2. The molecule has 31 heavy (non-hydrogen) atoms. The van der Waals surface area contributed by atoms with Gasteiger partial charge in [-0.2, -0.15) is 0 Å². The van der Waals surface area contributed by atoms with Gasteiger partial charge in [0.05, 0.1) is 17.1 Å². The number of para-hydroxylation sites is 2. The highest BCUT2D eigenvalue weighted by Gasteiger charge is 2.35. The van der Waals surface area contributed by atoms with Crippen LogP contribution in [0.2, 0.25) is 0 Å². The molecule has 2 aromatic carbocycles. The molecule has 0 bridgehead atoms. The van der Waals surface area contributed by atoms with Crippen LogP contribution in [-0.4, -0.2) is 33.8 Å². The molecule has 2 amide bonds.